The third-order valence-corrected chi connectivity index (χ3v) is 2.46. The van der Waals surface area contributed by atoms with Crippen molar-refractivity contribution < 1.29 is 4.79 Å². The van der Waals surface area contributed by atoms with Gasteiger partial charge < -0.3 is 0 Å². The summed E-state index contributed by atoms with van der Waals surface area (Å²) in [6, 6.07) is 0.551. The monoisotopic (exact) mass is 185 g/mol. The Morgan fingerprint density at radius 2 is 1.77 bits per heavy atom. The fourth-order valence-electron chi connectivity index (χ4n) is 1.64. The van der Waals surface area contributed by atoms with Gasteiger partial charge in [0.25, 0.3) is 0 Å². The van der Waals surface area contributed by atoms with E-state index < -0.39 is 0 Å². The second kappa shape index (κ2) is 6.14. The van der Waals surface area contributed by atoms with Gasteiger partial charge in [-0.2, -0.15) is 0 Å². The summed E-state index contributed by atoms with van der Waals surface area (Å²) in [7, 11) is 0. The zero-order valence-corrected chi connectivity index (χ0v) is 9.63. The number of hydrogen-bond acceptors (Lipinski definition) is 2. The van der Waals surface area contributed by atoms with Crippen molar-refractivity contribution in [2.45, 2.75) is 59.5 Å². The van der Waals surface area contributed by atoms with Crippen molar-refractivity contribution in [1.29, 1.82) is 0 Å². The highest BCUT2D eigenvalue weighted by Gasteiger charge is 2.20. The van der Waals surface area contributed by atoms with Crippen LogP contribution in [0.4, 0.5) is 0 Å². The van der Waals surface area contributed by atoms with Crippen LogP contribution in [0.25, 0.3) is 0 Å². The molecule has 1 atom stereocenters. The summed E-state index contributed by atoms with van der Waals surface area (Å²) in [5, 5.41) is 0. The molecule has 0 aliphatic carbocycles. The molecular weight excluding hydrogens is 162 g/mol. The summed E-state index contributed by atoms with van der Waals surface area (Å²) in [5.41, 5.74) is 0. The highest BCUT2D eigenvalue weighted by Crippen LogP contribution is 2.08. The third-order valence-electron chi connectivity index (χ3n) is 2.46. The molecule has 0 fully saturated rings. The van der Waals surface area contributed by atoms with Crippen molar-refractivity contribution in [3.05, 3.63) is 0 Å². The van der Waals surface area contributed by atoms with E-state index in [9.17, 15) is 4.79 Å². The molecule has 0 heterocycles. The molecule has 0 saturated heterocycles. The predicted octanol–water partition coefficient (Wildman–Crippen LogP) is 2.47. The Morgan fingerprint density at radius 3 is 2.08 bits per heavy atom. The van der Waals surface area contributed by atoms with Gasteiger partial charge in [-0.25, -0.2) is 0 Å². The van der Waals surface area contributed by atoms with Gasteiger partial charge in [0.2, 0.25) is 0 Å². The first kappa shape index (κ1) is 12.6. The lowest BCUT2D eigenvalue weighted by Crippen LogP contribution is -2.43. The average Bonchev–Trinajstić information content (AvgIpc) is 2.11. The van der Waals surface area contributed by atoms with Gasteiger partial charge in [0.1, 0.15) is 5.78 Å². The van der Waals surface area contributed by atoms with Crippen LogP contribution in [-0.4, -0.2) is 29.3 Å². The number of nitrogens with zero attached hydrogens (tertiary/aromatic N) is 1. The number of rotatable bonds is 6. The molecule has 13 heavy (non-hydrogen) atoms. The minimum absolute atomic E-state index is 0.0879. The van der Waals surface area contributed by atoms with Crippen LogP contribution in [0.15, 0.2) is 0 Å². The van der Waals surface area contributed by atoms with Gasteiger partial charge in [-0.15, -0.1) is 0 Å². The Bertz CT molecular complexity index is 154. The van der Waals surface area contributed by atoms with Crippen LogP contribution in [0, 0.1) is 0 Å². The Labute approximate surface area is 82.3 Å². The summed E-state index contributed by atoms with van der Waals surface area (Å²) in [4.78, 5) is 13.8. The number of hydrogen-bond donors (Lipinski definition) is 0. The molecule has 0 aromatic rings. The van der Waals surface area contributed by atoms with E-state index in [1.165, 1.54) is 0 Å². The smallest absolute Gasteiger partial charge is 0.149 e. The zero-order chi connectivity index (χ0) is 10.4. The zero-order valence-electron chi connectivity index (χ0n) is 9.63. The minimum Gasteiger partial charge on any atom is -0.298 e. The van der Waals surface area contributed by atoms with E-state index in [1.807, 2.05) is 13.8 Å². The van der Waals surface area contributed by atoms with E-state index in [-0.39, 0.29) is 6.04 Å². The topological polar surface area (TPSA) is 20.3 Å². The summed E-state index contributed by atoms with van der Waals surface area (Å²) in [5.74, 6) is 0.349. The SMILES string of the molecule is CCCN(C(C)C)C(C)C(=O)CC. The first-order valence-electron chi connectivity index (χ1n) is 5.33. The minimum atomic E-state index is 0.0879. The molecule has 2 nitrogen and oxygen atoms in total. The number of carbonyl (C=O) groups is 1. The van der Waals surface area contributed by atoms with Crippen molar-refractivity contribution >= 4 is 5.78 Å². The summed E-state index contributed by atoms with van der Waals surface area (Å²) in [6.45, 7) is 11.4. The largest absolute Gasteiger partial charge is 0.298 e. The lowest BCUT2D eigenvalue weighted by Gasteiger charge is -2.31. The molecule has 78 valence electrons. The normalized spacial score (nSPS) is 13.8. The molecule has 0 N–H and O–H groups in total. The van der Waals surface area contributed by atoms with E-state index in [4.69, 9.17) is 0 Å². The van der Waals surface area contributed by atoms with Crippen molar-refractivity contribution in [2.75, 3.05) is 6.54 Å². The molecular formula is C11H23NO. The van der Waals surface area contributed by atoms with E-state index in [0.29, 0.717) is 18.2 Å². The van der Waals surface area contributed by atoms with Crippen LogP contribution in [0.5, 0.6) is 0 Å². The lowest BCUT2D eigenvalue weighted by molar-refractivity contribution is -0.124. The molecule has 0 aliphatic heterocycles. The predicted molar refractivity (Wildman–Crippen MR) is 56.9 cm³/mol. The molecule has 0 spiro atoms. The van der Waals surface area contributed by atoms with Crippen molar-refractivity contribution in [2.24, 2.45) is 0 Å². The maximum absolute atomic E-state index is 11.5. The summed E-state index contributed by atoms with van der Waals surface area (Å²) < 4.78 is 0. The average molecular weight is 185 g/mol. The molecule has 2 heteroatoms. The molecule has 0 radical (unpaired) electrons. The Morgan fingerprint density at radius 1 is 1.23 bits per heavy atom. The number of ketones is 1. The lowest BCUT2D eigenvalue weighted by atomic mass is 10.1. The fraction of sp³-hybridized carbons (Fsp3) is 0.909. The summed E-state index contributed by atoms with van der Waals surface area (Å²) >= 11 is 0. The highest BCUT2D eigenvalue weighted by atomic mass is 16.1. The molecule has 0 aliphatic rings. The van der Waals surface area contributed by atoms with Gasteiger partial charge in [-0.3, -0.25) is 9.69 Å². The van der Waals surface area contributed by atoms with Crippen LogP contribution in [0.3, 0.4) is 0 Å². The number of Topliss-reactive ketones (excluding diaryl/α,β-unsaturated/α-hetero) is 1. The highest BCUT2D eigenvalue weighted by molar-refractivity contribution is 5.83. The van der Waals surface area contributed by atoms with Gasteiger partial charge in [0.05, 0.1) is 6.04 Å². The maximum atomic E-state index is 11.5. The van der Waals surface area contributed by atoms with Crippen LogP contribution in [-0.2, 0) is 4.79 Å². The van der Waals surface area contributed by atoms with E-state index in [2.05, 4.69) is 25.7 Å². The fourth-order valence-corrected chi connectivity index (χ4v) is 1.64. The van der Waals surface area contributed by atoms with Gasteiger partial charge in [-0.1, -0.05) is 13.8 Å². The quantitative estimate of drug-likeness (QED) is 0.633. The van der Waals surface area contributed by atoms with E-state index in [0.717, 1.165) is 13.0 Å². The molecule has 0 saturated carbocycles. The van der Waals surface area contributed by atoms with E-state index in [1.54, 1.807) is 0 Å². The second-order valence-corrected chi connectivity index (χ2v) is 3.83. The van der Waals surface area contributed by atoms with Gasteiger partial charge >= 0.3 is 0 Å². The molecule has 0 rings (SSSR count). The summed E-state index contributed by atoms with van der Waals surface area (Å²) in [6.07, 6.45) is 1.76. The third kappa shape index (κ3) is 3.90. The Balaban J connectivity index is 4.26. The maximum Gasteiger partial charge on any atom is 0.149 e. The molecule has 0 bridgehead atoms. The van der Waals surface area contributed by atoms with Crippen molar-refractivity contribution in [1.82, 2.24) is 4.90 Å². The molecule has 0 aromatic carbocycles. The Hall–Kier alpha value is -0.370. The number of carbonyl (C=O) groups excluding carboxylic acids is 1. The van der Waals surface area contributed by atoms with Gasteiger partial charge in [-0.05, 0) is 33.7 Å². The van der Waals surface area contributed by atoms with E-state index >= 15 is 0 Å². The van der Waals surface area contributed by atoms with Crippen LogP contribution < -0.4 is 0 Å². The molecule has 1 unspecified atom stereocenters. The van der Waals surface area contributed by atoms with Crippen LogP contribution in [0.1, 0.15) is 47.5 Å². The first-order chi connectivity index (χ1) is 6.04. The van der Waals surface area contributed by atoms with Crippen molar-refractivity contribution in [3.8, 4) is 0 Å². The van der Waals surface area contributed by atoms with Gasteiger partial charge in [0, 0.05) is 12.5 Å². The van der Waals surface area contributed by atoms with Crippen LogP contribution >= 0.6 is 0 Å². The van der Waals surface area contributed by atoms with Crippen LogP contribution in [0.2, 0.25) is 0 Å². The standard InChI is InChI=1S/C11H23NO/c1-6-8-12(9(3)4)10(5)11(13)7-2/h9-10H,6-8H2,1-5H3. The molecule has 0 amide bonds. The molecule has 0 aromatic heterocycles. The Kier molecular flexibility index (Phi) is 5.97. The second-order valence-electron chi connectivity index (χ2n) is 3.83. The first-order valence-corrected chi connectivity index (χ1v) is 5.33. The van der Waals surface area contributed by atoms with Crippen molar-refractivity contribution in [3.63, 3.8) is 0 Å². The van der Waals surface area contributed by atoms with Gasteiger partial charge in [0.15, 0.2) is 0 Å².